The third-order valence-electron chi connectivity index (χ3n) is 9.94. The molecule has 0 unspecified atom stereocenters. The third-order valence-corrected chi connectivity index (χ3v) is 9.94. The van der Waals surface area contributed by atoms with Crippen LogP contribution in [0, 0.1) is 6.92 Å². The maximum Gasteiger partial charge on any atom is 0.306 e. The van der Waals surface area contributed by atoms with Gasteiger partial charge in [0.25, 0.3) is 0 Å². The lowest BCUT2D eigenvalue weighted by molar-refractivity contribution is -0.145. The second-order valence-corrected chi connectivity index (χ2v) is 15.7. The van der Waals surface area contributed by atoms with Gasteiger partial charge in [0.1, 0.15) is 18.1 Å². The Bertz CT molecular complexity index is 1150. The van der Waals surface area contributed by atoms with Gasteiger partial charge in [-0.3, -0.25) is 4.79 Å². The van der Waals surface area contributed by atoms with Crippen LogP contribution in [0.15, 0.2) is 60.7 Å². The van der Waals surface area contributed by atoms with Crippen LogP contribution in [0.25, 0.3) is 0 Å². The highest BCUT2D eigenvalue weighted by atomic mass is 16.5. The topological polar surface area (TPSA) is 48.0 Å². The summed E-state index contributed by atoms with van der Waals surface area (Å²) in [5.41, 5.74) is 1.95. The van der Waals surface area contributed by atoms with E-state index in [1.807, 2.05) is 20.2 Å². The van der Waals surface area contributed by atoms with Crippen molar-refractivity contribution in [3.63, 3.8) is 0 Å². The largest absolute Gasteiger partial charge is 0.493 e. The van der Waals surface area contributed by atoms with E-state index in [9.17, 15) is 4.79 Å². The van der Waals surface area contributed by atoms with Crippen molar-refractivity contribution in [1.29, 1.82) is 0 Å². The number of benzene rings is 1. The molecule has 0 N–H and O–H groups in total. The fraction of sp³-hybridized carbons (Fsp3) is 0.700. The minimum Gasteiger partial charge on any atom is -0.493 e. The Balaban J connectivity index is 2.38. The van der Waals surface area contributed by atoms with Gasteiger partial charge in [-0.2, -0.15) is 0 Å². The maximum absolute atomic E-state index is 12.5. The fourth-order valence-corrected chi connectivity index (χ4v) is 6.42. The summed E-state index contributed by atoms with van der Waals surface area (Å²) < 4.78 is 18.3. The molecule has 0 heterocycles. The molecule has 0 atom stereocenters. The molecule has 1 rings (SSSR count). The summed E-state index contributed by atoms with van der Waals surface area (Å²) in [6.07, 6.45) is 49.3. The molecule has 0 saturated heterocycles. The Labute approximate surface area is 340 Å². The van der Waals surface area contributed by atoms with E-state index in [4.69, 9.17) is 14.2 Å². The lowest BCUT2D eigenvalue weighted by Crippen LogP contribution is -2.15. The SMILES string of the molecule is CCCCCC=CCC=CCCCCCCCCOc1cc(COC(=O)CCCN(C)C)c(OCCCCCCCCC=CCC=CCCCCC)cc1C. The zero-order valence-corrected chi connectivity index (χ0v) is 36.6. The van der Waals surface area contributed by atoms with Crippen LogP contribution >= 0.6 is 0 Å². The number of hydrogen-bond donors (Lipinski definition) is 0. The minimum atomic E-state index is -0.165. The molecule has 0 aliphatic heterocycles. The first-order valence-corrected chi connectivity index (χ1v) is 22.8. The molecule has 0 aliphatic rings. The quantitative estimate of drug-likeness (QED) is 0.0381. The summed E-state index contributed by atoms with van der Waals surface area (Å²) in [6, 6.07) is 4.10. The number of carbonyl (C=O) groups excluding carboxylic acids is 1. The van der Waals surface area contributed by atoms with Crippen LogP contribution in [0.3, 0.4) is 0 Å². The number of allylic oxidation sites excluding steroid dienone is 8. The van der Waals surface area contributed by atoms with Crippen LogP contribution in [0.4, 0.5) is 0 Å². The van der Waals surface area contributed by atoms with Gasteiger partial charge in [-0.25, -0.2) is 0 Å². The van der Waals surface area contributed by atoms with Gasteiger partial charge in [0.2, 0.25) is 0 Å². The molecule has 0 amide bonds. The number of nitrogens with zero attached hydrogens (tertiary/aromatic N) is 1. The van der Waals surface area contributed by atoms with Gasteiger partial charge in [-0.15, -0.1) is 0 Å². The highest BCUT2D eigenvalue weighted by molar-refractivity contribution is 5.69. The van der Waals surface area contributed by atoms with E-state index in [2.05, 4.69) is 80.3 Å². The number of unbranched alkanes of at least 4 members (excludes halogenated alkanes) is 18. The van der Waals surface area contributed by atoms with E-state index in [0.29, 0.717) is 19.6 Å². The van der Waals surface area contributed by atoms with Crippen molar-refractivity contribution in [3.8, 4) is 11.5 Å². The van der Waals surface area contributed by atoms with Gasteiger partial charge >= 0.3 is 5.97 Å². The molecule has 0 aliphatic carbocycles. The van der Waals surface area contributed by atoms with Crippen LogP contribution in [0.1, 0.15) is 192 Å². The molecule has 314 valence electrons. The van der Waals surface area contributed by atoms with Crippen molar-refractivity contribution in [2.24, 2.45) is 0 Å². The smallest absolute Gasteiger partial charge is 0.306 e. The zero-order valence-electron chi connectivity index (χ0n) is 36.6. The summed E-state index contributed by atoms with van der Waals surface area (Å²) in [4.78, 5) is 14.6. The van der Waals surface area contributed by atoms with Gasteiger partial charge in [-0.05, 0) is 129 Å². The Morgan fingerprint density at radius 1 is 0.545 bits per heavy atom. The Kier molecular flexibility index (Phi) is 34.8. The number of ether oxygens (including phenoxy) is 3. The fourth-order valence-electron chi connectivity index (χ4n) is 6.42. The molecule has 1 aromatic rings. The summed E-state index contributed by atoms with van der Waals surface area (Å²) in [7, 11) is 4.04. The van der Waals surface area contributed by atoms with Crippen molar-refractivity contribution < 1.29 is 19.0 Å². The third kappa shape index (κ3) is 32.0. The molecule has 5 heteroatoms. The molecule has 5 nitrogen and oxygen atoms in total. The van der Waals surface area contributed by atoms with Crippen LogP contribution in [-0.2, 0) is 16.1 Å². The van der Waals surface area contributed by atoms with Crippen molar-refractivity contribution in [1.82, 2.24) is 4.90 Å². The molecule has 0 radical (unpaired) electrons. The summed E-state index contributed by atoms with van der Waals surface area (Å²) >= 11 is 0. The monoisotopic (exact) mass is 764 g/mol. The van der Waals surface area contributed by atoms with Gasteiger partial charge in [0, 0.05) is 12.0 Å². The number of esters is 1. The van der Waals surface area contributed by atoms with E-state index in [0.717, 1.165) is 61.3 Å². The van der Waals surface area contributed by atoms with E-state index in [1.165, 1.54) is 128 Å². The molecule has 0 fully saturated rings. The molecule has 55 heavy (non-hydrogen) atoms. The van der Waals surface area contributed by atoms with E-state index in [-0.39, 0.29) is 12.6 Å². The average molecular weight is 764 g/mol. The normalized spacial score (nSPS) is 12.0. The second kappa shape index (κ2) is 38.1. The standard InChI is InChI=1S/C50H85NO4/c1-6-8-10-12-14-16-18-20-22-24-26-28-30-32-34-36-41-53-48-44-47(45-55-50(52)39-38-40-51(4)5)49(43-46(48)3)54-42-37-35-33-31-29-27-25-23-21-19-17-15-13-11-9-7-2/h14-17,20-23,43-44H,6-13,18-19,24-42,45H2,1-5H3. The van der Waals surface area contributed by atoms with Crippen molar-refractivity contribution >= 4 is 5.97 Å². The minimum absolute atomic E-state index is 0.165. The van der Waals surface area contributed by atoms with Crippen molar-refractivity contribution in [2.45, 2.75) is 194 Å². The lowest BCUT2D eigenvalue weighted by Gasteiger charge is -2.17. The number of rotatable bonds is 38. The molecule has 0 bridgehead atoms. The average Bonchev–Trinajstić information content (AvgIpc) is 3.17. The Morgan fingerprint density at radius 2 is 0.982 bits per heavy atom. The van der Waals surface area contributed by atoms with E-state index >= 15 is 0 Å². The number of hydrogen-bond acceptors (Lipinski definition) is 5. The van der Waals surface area contributed by atoms with Gasteiger partial charge in [0.05, 0.1) is 13.2 Å². The summed E-state index contributed by atoms with van der Waals surface area (Å²) in [6.45, 7) is 9.05. The predicted octanol–water partition coefficient (Wildman–Crippen LogP) is 14.8. The molecule has 0 spiro atoms. The van der Waals surface area contributed by atoms with Gasteiger partial charge in [-0.1, -0.05) is 140 Å². The highest BCUT2D eigenvalue weighted by Gasteiger charge is 2.13. The molecule has 1 aromatic carbocycles. The van der Waals surface area contributed by atoms with E-state index < -0.39 is 0 Å². The number of carbonyl (C=O) groups is 1. The van der Waals surface area contributed by atoms with Crippen LogP contribution in [0.5, 0.6) is 11.5 Å². The van der Waals surface area contributed by atoms with Gasteiger partial charge < -0.3 is 19.1 Å². The van der Waals surface area contributed by atoms with Crippen molar-refractivity contribution in [3.05, 3.63) is 71.9 Å². The van der Waals surface area contributed by atoms with Crippen LogP contribution in [0.2, 0.25) is 0 Å². The molecular weight excluding hydrogens is 679 g/mol. The van der Waals surface area contributed by atoms with Gasteiger partial charge in [0.15, 0.2) is 0 Å². The molecule has 0 saturated carbocycles. The Hall–Kier alpha value is -2.79. The first-order valence-electron chi connectivity index (χ1n) is 22.8. The summed E-state index contributed by atoms with van der Waals surface area (Å²) in [5.74, 6) is 1.51. The predicted molar refractivity (Wildman–Crippen MR) is 238 cm³/mol. The second-order valence-electron chi connectivity index (χ2n) is 15.7. The van der Waals surface area contributed by atoms with E-state index in [1.54, 1.807) is 0 Å². The Morgan fingerprint density at radius 3 is 1.45 bits per heavy atom. The first kappa shape index (κ1) is 50.2. The zero-order chi connectivity index (χ0) is 39.9. The molecule has 0 aromatic heterocycles. The molecular formula is C50H85NO4. The van der Waals surface area contributed by atoms with Crippen LogP contribution < -0.4 is 9.47 Å². The highest BCUT2D eigenvalue weighted by Crippen LogP contribution is 2.30. The summed E-state index contributed by atoms with van der Waals surface area (Å²) in [5, 5.41) is 0. The van der Waals surface area contributed by atoms with Crippen molar-refractivity contribution in [2.75, 3.05) is 33.9 Å². The lowest BCUT2D eigenvalue weighted by atomic mass is 10.1. The van der Waals surface area contributed by atoms with Crippen LogP contribution in [-0.4, -0.2) is 44.7 Å². The first-order chi connectivity index (χ1) is 27.0. The number of aryl methyl sites for hydroxylation is 1. The maximum atomic E-state index is 12.5.